The van der Waals surface area contributed by atoms with Crippen LogP contribution >= 0.6 is 0 Å². The summed E-state index contributed by atoms with van der Waals surface area (Å²) in [5.41, 5.74) is 20.2. The fourth-order valence-corrected chi connectivity index (χ4v) is 14.2. The lowest BCUT2D eigenvalue weighted by molar-refractivity contribution is -0.191. The van der Waals surface area contributed by atoms with Gasteiger partial charge in [0.2, 0.25) is 11.8 Å². The van der Waals surface area contributed by atoms with Gasteiger partial charge in [-0.05, 0) is 125 Å². The second-order valence-electron chi connectivity index (χ2n) is 29.7. The number of ketones is 1. The maximum Gasteiger partial charge on any atom is 0.407 e. The van der Waals surface area contributed by atoms with Crippen LogP contribution in [0.2, 0.25) is 0 Å². The van der Waals surface area contributed by atoms with Gasteiger partial charge in [-0.1, -0.05) is 216 Å². The number of nitrogens with one attached hydrogen (secondary N) is 5. The molecule has 19 heteroatoms. The lowest BCUT2D eigenvalue weighted by Gasteiger charge is -2.27. The highest BCUT2D eigenvalue weighted by atomic mass is 16.5. The van der Waals surface area contributed by atoms with Gasteiger partial charge in [-0.2, -0.15) is 9.59 Å². The molecule has 0 radical (unpaired) electrons. The van der Waals surface area contributed by atoms with E-state index in [1.807, 2.05) is 106 Å². The Morgan fingerprint density at radius 2 is 0.854 bits per heavy atom. The van der Waals surface area contributed by atoms with Crippen LogP contribution in [-0.2, 0) is 35.3 Å². The van der Waals surface area contributed by atoms with E-state index in [9.17, 15) is 19.2 Å². The van der Waals surface area contributed by atoms with Crippen molar-refractivity contribution >= 4 is 29.8 Å². The van der Waals surface area contributed by atoms with Crippen LogP contribution in [0.1, 0.15) is 193 Å². The molecular formula is C84H104N12O7. The molecule has 7 N–H and O–H groups in total. The van der Waals surface area contributed by atoms with Crippen molar-refractivity contribution in [3.63, 3.8) is 0 Å². The number of carbonyl (C=O) groups is 4. The molecule has 7 atom stereocenters. The molecule has 4 fully saturated rings. The quantitative estimate of drug-likeness (QED) is 0.0392. The van der Waals surface area contributed by atoms with Gasteiger partial charge in [-0.15, -0.1) is 0 Å². The molecule has 3 amide bonds. The number of aromatic nitrogens is 8. The summed E-state index contributed by atoms with van der Waals surface area (Å²) in [6.45, 7) is 23.2. The number of likely N-dealkylation sites (tertiary alicyclic amines) is 2. The zero-order valence-electron chi connectivity index (χ0n) is 61.6. The van der Waals surface area contributed by atoms with Crippen molar-refractivity contribution in [3.05, 3.63) is 181 Å². The molecule has 19 nitrogen and oxygen atoms in total. The number of amides is 3. The third-order valence-electron chi connectivity index (χ3n) is 21.2. The van der Waals surface area contributed by atoms with E-state index < -0.39 is 6.04 Å². The average molecular weight is 1390 g/mol. The Morgan fingerprint density at radius 3 is 1.25 bits per heavy atom. The first kappa shape index (κ1) is 75.8. The highest BCUT2D eigenvalue weighted by Gasteiger charge is 2.40. The highest BCUT2D eigenvalue weighted by Crippen LogP contribution is 2.42. The third-order valence-corrected chi connectivity index (χ3v) is 21.2. The molecule has 4 aliphatic rings. The van der Waals surface area contributed by atoms with E-state index in [-0.39, 0.29) is 71.5 Å². The molecule has 542 valence electrons. The van der Waals surface area contributed by atoms with Gasteiger partial charge in [0.1, 0.15) is 29.9 Å². The molecule has 13 rings (SSSR count). The van der Waals surface area contributed by atoms with E-state index in [0.29, 0.717) is 36.8 Å². The second-order valence-corrected chi connectivity index (χ2v) is 29.7. The maximum absolute atomic E-state index is 13.1. The molecule has 2 aliphatic carbocycles. The predicted octanol–water partition coefficient (Wildman–Crippen LogP) is 17.3. The normalized spacial score (nSPS) is 18.2. The van der Waals surface area contributed by atoms with E-state index in [2.05, 4.69) is 155 Å². The molecule has 103 heavy (non-hydrogen) atoms. The van der Waals surface area contributed by atoms with Crippen molar-refractivity contribution in [1.82, 2.24) is 55.0 Å². The number of nitrogens with two attached hydrogens (primary N) is 1. The largest absolute Gasteiger partial charge is 0.445 e. The number of alkyl carbamates (subject to hydrolysis) is 1. The molecule has 2 aliphatic heterocycles. The van der Waals surface area contributed by atoms with Crippen molar-refractivity contribution in [3.8, 4) is 67.3 Å². The first-order valence-electron chi connectivity index (χ1n) is 37.2. The van der Waals surface area contributed by atoms with Gasteiger partial charge in [-0.3, -0.25) is 14.4 Å². The van der Waals surface area contributed by atoms with Gasteiger partial charge in [0.05, 0.1) is 65.7 Å². The fourth-order valence-electron chi connectivity index (χ4n) is 14.2. The van der Waals surface area contributed by atoms with Gasteiger partial charge >= 0.3 is 12.2 Å². The monoisotopic (exact) mass is 1390 g/mol. The number of hydrogen-bond acceptors (Lipinski definition) is 12. The molecule has 1 unspecified atom stereocenters. The summed E-state index contributed by atoms with van der Waals surface area (Å²) >= 11 is 0. The molecule has 4 aromatic heterocycles. The minimum absolute atomic E-state index is 0.00423. The van der Waals surface area contributed by atoms with Crippen molar-refractivity contribution in [2.75, 3.05) is 19.6 Å². The number of Topliss-reactive ketones (excluding diaryl/α,β-unsaturated/α-hetero) is 1. The minimum Gasteiger partial charge on any atom is -0.445 e. The lowest BCUT2D eigenvalue weighted by atomic mass is 9.85. The van der Waals surface area contributed by atoms with Gasteiger partial charge < -0.3 is 45.5 Å². The van der Waals surface area contributed by atoms with Crippen LogP contribution in [0, 0.1) is 41.4 Å². The number of ether oxygens (including phenoxy) is 1. The molecule has 0 bridgehead atoms. The number of aromatic amines is 4. The zero-order chi connectivity index (χ0) is 73.3. The van der Waals surface area contributed by atoms with Crippen LogP contribution in [0.15, 0.2) is 152 Å². The first-order chi connectivity index (χ1) is 49.7. The van der Waals surface area contributed by atoms with Gasteiger partial charge in [0.25, 0.3) is 0 Å². The standard InChI is InChI=1S/C38H48N6O2.C33H39N5O.C12H17NO2.CO2/c1-22(2)24(5)38(46)44-19-7-10-33(44)37-41-21-32(43-37)28-17-13-26(14-18-28)25-11-15-27(16-12-25)31-20-40-36(42-31)30-9-6-8-29(30)35(45)34(39)23(3)4;1-21(2)22(3)33(39)38-18-6-9-30(38)32-35-20-29(37-32)26-16-12-24(13-17-26)23-10-14-25(15-11-23)28-19-34-31(36-28)27-7-4-5-8-27;1-10(2)8-13-12(14)15-9-11-6-4-3-5-7-11;2-1-3/h11-18,20-24,29-30,33-34H,6-10,19,39H2,1-5H3,(H,40,42)(H,41,43);10-17,19-22,27,30H,4-9,18H2,1-3H3,(H,34,36)(H,35,37);3-7,10H,8-9H2,1-2H3,(H,13,14);/t24-,29?,30+,33-,34-;22-,30-;;/m00../s1. The van der Waals surface area contributed by atoms with Gasteiger partial charge in [-0.25, -0.2) is 24.7 Å². The smallest absolute Gasteiger partial charge is 0.407 e. The molecule has 9 aromatic rings. The first-order valence-corrected chi connectivity index (χ1v) is 37.2. The molecule has 6 heterocycles. The number of nitrogens with zero attached hydrogens (tertiary/aromatic N) is 6. The predicted molar refractivity (Wildman–Crippen MR) is 403 cm³/mol. The summed E-state index contributed by atoms with van der Waals surface area (Å²) in [5, 5.41) is 2.69. The number of H-pyrrole nitrogens is 4. The van der Waals surface area contributed by atoms with Crippen LogP contribution in [0.5, 0.6) is 0 Å². The molecule has 5 aromatic carbocycles. The summed E-state index contributed by atoms with van der Waals surface area (Å²) < 4.78 is 5.03. The van der Waals surface area contributed by atoms with E-state index >= 15 is 0 Å². The Labute approximate surface area is 606 Å². The van der Waals surface area contributed by atoms with Crippen LogP contribution in [0.4, 0.5) is 4.79 Å². The summed E-state index contributed by atoms with van der Waals surface area (Å²) in [5.74, 6) is 6.31. The van der Waals surface area contributed by atoms with Crippen molar-refractivity contribution in [2.24, 2.45) is 47.2 Å². The van der Waals surface area contributed by atoms with Crippen molar-refractivity contribution < 1.29 is 33.5 Å². The zero-order valence-corrected chi connectivity index (χ0v) is 61.6. The average Bonchev–Trinajstić information content (AvgIpc) is 1.70. The van der Waals surface area contributed by atoms with Crippen molar-refractivity contribution in [2.45, 2.75) is 176 Å². The van der Waals surface area contributed by atoms with E-state index in [1.54, 1.807) is 0 Å². The van der Waals surface area contributed by atoms with Gasteiger partial charge in [0.15, 0.2) is 5.78 Å². The third kappa shape index (κ3) is 19.3. The number of carbonyl (C=O) groups excluding carboxylic acids is 6. The summed E-state index contributed by atoms with van der Waals surface area (Å²) in [6.07, 6.45) is 19.4. The summed E-state index contributed by atoms with van der Waals surface area (Å²) in [7, 11) is 0. The number of rotatable bonds is 21. The molecular weight excluding hydrogens is 1290 g/mol. The maximum atomic E-state index is 13.1. The van der Waals surface area contributed by atoms with E-state index in [4.69, 9.17) is 35.0 Å². The van der Waals surface area contributed by atoms with Gasteiger partial charge in [0, 0.05) is 49.2 Å². The SMILES string of the molecule is CC(C)CNC(=O)OCc1ccccc1.CC(C)[C@H](C)C(=O)N1CCC[C@H]1c1ncc(-c2ccc(-c3ccc(-c4cnc(C5CCCC5)[nH]4)cc3)cc2)[nH]1.CC(C)[C@H](C)C(=O)N1CCC[C@H]1c1ncc(-c2ccc(-c3ccc(-c4cnc([C@@H]5CCCC5C(=O)[C@@H](N)C(C)C)[nH]4)cc3)cc2)[nH]1.O=C=O. The van der Waals surface area contributed by atoms with Crippen molar-refractivity contribution in [1.29, 1.82) is 0 Å². The minimum atomic E-state index is -0.420. The lowest BCUT2D eigenvalue weighted by Crippen LogP contribution is -2.40. The highest BCUT2D eigenvalue weighted by molar-refractivity contribution is 5.87. The Balaban J connectivity index is 0.000000180. The second kappa shape index (κ2) is 35.9. The Bertz CT molecular complexity index is 4090. The summed E-state index contributed by atoms with van der Waals surface area (Å²) in [4.78, 5) is 104. The van der Waals surface area contributed by atoms with Crippen LogP contribution in [0.25, 0.3) is 67.3 Å². The number of benzene rings is 5. The van der Waals surface area contributed by atoms with E-state index in [0.717, 1.165) is 137 Å². The Hall–Kier alpha value is -9.84. The van der Waals surface area contributed by atoms with E-state index in [1.165, 1.54) is 42.4 Å². The molecule has 2 saturated heterocycles. The van der Waals surface area contributed by atoms with Crippen LogP contribution in [-0.4, -0.2) is 105 Å². The Morgan fingerprint density at radius 1 is 0.476 bits per heavy atom. The van der Waals surface area contributed by atoms with Crippen LogP contribution < -0.4 is 11.1 Å². The number of imidazole rings is 4. The Kier molecular flexibility index (Phi) is 26.4. The van der Waals surface area contributed by atoms with Crippen LogP contribution in [0.3, 0.4) is 0 Å². The fraction of sp³-hybridized carbons (Fsp3) is 0.440. The molecule has 0 spiro atoms. The summed E-state index contributed by atoms with van der Waals surface area (Å²) in [6, 6.07) is 43.5. The topological polar surface area (TPSA) is 271 Å². The number of hydrogen-bond donors (Lipinski definition) is 6. The molecule has 2 saturated carbocycles.